The number of hydrogen-bond acceptors (Lipinski definition) is 5. The maximum atomic E-state index is 12.6. The van der Waals surface area contributed by atoms with Crippen LogP contribution >= 0.6 is 34.8 Å². The van der Waals surface area contributed by atoms with Crippen molar-refractivity contribution in [2.24, 2.45) is 5.92 Å². The molecular formula is C21H19Cl3N4O2. The summed E-state index contributed by atoms with van der Waals surface area (Å²) in [5.74, 6) is 0.958. The fourth-order valence-electron chi connectivity index (χ4n) is 3.43. The van der Waals surface area contributed by atoms with Gasteiger partial charge in [0.25, 0.3) is 0 Å². The first-order chi connectivity index (χ1) is 14.5. The second-order valence-corrected chi connectivity index (χ2v) is 8.47. The standard InChI is InChI=1S/C21H19Cl3N4O2/c22-15-3-1-2-14(10-15)20-26-19(30-27-20)12-28-8-6-13(7-9-28)21(29)25-18-5-4-16(23)11-17(18)24/h1-5,10-11,13H,6-9,12H2,(H,25,29). The van der Waals surface area contributed by atoms with E-state index < -0.39 is 0 Å². The van der Waals surface area contributed by atoms with Crippen molar-refractivity contribution in [3.05, 3.63) is 63.4 Å². The van der Waals surface area contributed by atoms with Gasteiger partial charge in [-0.25, -0.2) is 0 Å². The number of amides is 1. The second kappa shape index (κ2) is 9.35. The van der Waals surface area contributed by atoms with E-state index in [1.54, 1.807) is 30.3 Å². The predicted octanol–water partition coefficient (Wildman–Crippen LogP) is 5.55. The average Bonchev–Trinajstić information content (AvgIpc) is 3.19. The van der Waals surface area contributed by atoms with Gasteiger partial charge in [0.2, 0.25) is 17.6 Å². The van der Waals surface area contributed by atoms with E-state index in [0.717, 1.165) is 31.5 Å². The van der Waals surface area contributed by atoms with E-state index >= 15 is 0 Å². The summed E-state index contributed by atoms with van der Waals surface area (Å²) in [6, 6.07) is 12.4. The Morgan fingerprint density at radius 1 is 1.10 bits per heavy atom. The van der Waals surface area contributed by atoms with Crippen LogP contribution in [0.3, 0.4) is 0 Å². The van der Waals surface area contributed by atoms with Crippen molar-refractivity contribution in [1.29, 1.82) is 0 Å². The Hall–Kier alpha value is -2.12. The second-order valence-electron chi connectivity index (χ2n) is 7.19. The lowest BCUT2D eigenvalue weighted by atomic mass is 9.96. The molecule has 0 bridgehead atoms. The number of anilines is 1. The predicted molar refractivity (Wildman–Crippen MR) is 118 cm³/mol. The molecular weight excluding hydrogens is 447 g/mol. The van der Waals surface area contributed by atoms with Crippen LogP contribution in [0.2, 0.25) is 15.1 Å². The zero-order chi connectivity index (χ0) is 21.1. The summed E-state index contributed by atoms with van der Waals surface area (Å²) < 4.78 is 5.39. The average molecular weight is 466 g/mol. The van der Waals surface area contributed by atoms with Crippen LogP contribution in [0.15, 0.2) is 47.0 Å². The van der Waals surface area contributed by atoms with Crippen LogP contribution in [0.1, 0.15) is 18.7 Å². The molecule has 3 aromatic rings. The van der Waals surface area contributed by atoms with Gasteiger partial charge in [-0.15, -0.1) is 0 Å². The first-order valence-corrected chi connectivity index (χ1v) is 10.7. The topological polar surface area (TPSA) is 71.3 Å². The van der Waals surface area contributed by atoms with Gasteiger partial charge in [0, 0.05) is 21.5 Å². The number of rotatable bonds is 5. The van der Waals surface area contributed by atoms with Crippen molar-refractivity contribution in [2.75, 3.05) is 18.4 Å². The summed E-state index contributed by atoms with van der Waals surface area (Å²) in [5, 5.41) is 8.53. The first kappa shape index (κ1) is 21.1. The number of hydrogen-bond donors (Lipinski definition) is 1. The fraction of sp³-hybridized carbons (Fsp3) is 0.286. The van der Waals surface area contributed by atoms with E-state index in [1.807, 2.05) is 12.1 Å². The minimum atomic E-state index is -0.0716. The van der Waals surface area contributed by atoms with E-state index in [4.69, 9.17) is 39.3 Å². The molecule has 2 aromatic carbocycles. The van der Waals surface area contributed by atoms with E-state index in [-0.39, 0.29) is 11.8 Å². The number of likely N-dealkylation sites (tertiary alicyclic amines) is 1. The van der Waals surface area contributed by atoms with Crippen LogP contribution in [0, 0.1) is 5.92 Å². The number of benzene rings is 2. The van der Waals surface area contributed by atoms with E-state index in [0.29, 0.717) is 39.0 Å². The molecule has 1 aliphatic heterocycles. The summed E-state index contributed by atoms with van der Waals surface area (Å²) in [6.07, 6.45) is 1.48. The Bertz CT molecular complexity index is 1050. The van der Waals surface area contributed by atoms with Gasteiger partial charge in [0.05, 0.1) is 17.3 Å². The molecule has 2 heterocycles. The Kier molecular flexibility index (Phi) is 6.58. The van der Waals surface area contributed by atoms with Crippen molar-refractivity contribution in [3.63, 3.8) is 0 Å². The van der Waals surface area contributed by atoms with Crippen molar-refractivity contribution in [3.8, 4) is 11.4 Å². The molecule has 0 unspecified atom stereocenters. The number of carbonyl (C=O) groups is 1. The van der Waals surface area contributed by atoms with Gasteiger partial charge >= 0.3 is 0 Å². The third-order valence-electron chi connectivity index (χ3n) is 5.06. The maximum absolute atomic E-state index is 12.6. The molecule has 0 atom stereocenters. The summed E-state index contributed by atoms with van der Waals surface area (Å²) in [4.78, 5) is 19.2. The highest BCUT2D eigenvalue weighted by Crippen LogP contribution is 2.27. The summed E-state index contributed by atoms with van der Waals surface area (Å²) in [6.45, 7) is 2.08. The molecule has 156 valence electrons. The largest absolute Gasteiger partial charge is 0.338 e. The third kappa shape index (κ3) is 5.13. The Balaban J connectivity index is 1.30. The van der Waals surface area contributed by atoms with Crippen LogP contribution in [-0.4, -0.2) is 34.0 Å². The van der Waals surface area contributed by atoms with Gasteiger partial charge in [-0.2, -0.15) is 4.98 Å². The van der Waals surface area contributed by atoms with E-state index in [2.05, 4.69) is 20.4 Å². The Morgan fingerprint density at radius 2 is 1.87 bits per heavy atom. The third-order valence-corrected chi connectivity index (χ3v) is 5.84. The van der Waals surface area contributed by atoms with Gasteiger partial charge in [-0.3, -0.25) is 9.69 Å². The van der Waals surface area contributed by atoms with Crippen molar-refractivity contribution < 1.29 is 9.32 Å². The number of halogens is 3. The highest BCUT2D eigenvalue weighted by atomic mass is 35.5. The van der Waals surface area contributed by atoms with E-state index in [9.17, 15) is 4.79 Å². The quantitative estimate of drug-likeness (QED) is 0.535. The fourth-order valence-corrected chi connectivity index (χ4v) is 4.08. The zero-order valence-corrected chi connectivity index (χ0v) is 18.2. The number of nitrogens with zero attached hydrogens (tertiary/aromatic N) is 3. The van der Waals surface area contributed by atoms with Gasteiger partial charge in [0.1, 0.15) is 0 Å². The molecule has 1 aliphatic rings. The van der Waals surface area contributed by atoms with Crippen molar-refractivity contribution in [2.45, 2.75) is 19.4 Å². The smallest absolute Gasteiger partial charge is 0.241 e. The molecule has 6 nitrogen and oxygen atoms in total. The summed E-state index contributed by atoms with van der Waals surface area (Å²) in [7, 11) is 0. The summed E-state index contributed by atoms with van der Waals surface area (Å²) >= 11 is 18.1. The normalized spacial score (nSPS) is 15.3. The molecule has 0 aliphatic carbocycles. The van der Waals surface area contributed by atoms with Crippen LogP contribution < -0.4 is 5.32 Å². The van der Waals surface area contributed by atoms with Crippen molar-refractivity contribution in [1.82, 2.24) is 15.0 Å². The molecule has 30 heavy (non-hydrogen) atoms. The van der Waals surface area contributed by atoms with Gasteiger partial charge in [-0.1, -0.05) is 52.1 Å². The Morgan fingerprint density at radius 3 is 2.60 bits per heavy atom. The molecule has 1 N–H and O–H groups in total. The highest BCUT2D eigenvalue weighted by Gasteiger charge is 2.26. The maximum Gasteiger partial charge on any atom is 0.241 e. The number of piperidine rings is 1. The highest BCUT2D eigenvalue weighted by molar-refractivity contribution is 6.36. The Labute approximate surface area is 189 Å². The van der Waals surface area contributed by atoms with Crippen molar-refractivity contribution >= 4 is 46.4 Å². The number of nitrogens with one attached hydrogen (secondary N) is 1. The first-order valence-electron chi connectivity index (χ1n) is 9.55. The lowest BCUT2D eigenvalue weighted by molar-refractivity contribution is -0.121. The van der Waals surface area contributed by atoms with Crippen LogP contribution in [0.5, 0.6) is 0 Å². The van der Waals surface area contributed by atoms with Gasteiger partial charge < -0.3 is 9.84 Å². The lowest BCUT2D eigenvalue weighted by Crippen LogP contribution is -2.37. The number of carbonyl (C=O) groups excluding carboxylic acids is 1. The molecule has 4 rings (SSSR count). The monoisotopic (exact) mass is 464 g/mol. The number of aromatic nitrogens is 2. The molecule has 1 aromatic heterocycles. The lowest BCUT2D eigenvalue weighted by Gasteiger charge is -2.30. The van der Waals surface area contributed by atoms with Gasteiger partial charge in [0.15, 0.2) is 0 Å². The molecule has 9 heteroatoms. The molecule has 0 saturated carbocycles. The molecule has 0 radical (unpaired) electrons. The summed E-state index contributed by atoms with van der Waals surface area (Å²) in [5.41, 5.74) is 1.39. The van der Waals surface area contributed by atoms with Crippen LogP contribution in [-0.2, 0) is 11.3 Å². The zero-order valence-electron chi connectivity index (χ0n) is 15.9. The molecule has 1 saturated heterocycles. The minimum absolute atomic E-state index is 0.0279. The molecule has 1 fully saturated rings. The molecule has 0 spiro atoms. The van der Waals surface area contributed by atoms with Gasteiger partial charge in [-0.05, 0) is 56.3 Å². The SMILES string of the molecule is O=C(Nc1ccc(Cl)cc1Cl)C1CCN(Cc2nc(-c3cccc(Cl)c3)no2)CC1. The minimum Gasteiger partial charge on any atom is -0.338 e. The van der Waals surface area contributed by atoms with Crippen LogP contribution in [0.4, 0.5) is 5.69 Å². The molecule has 1 amide bonds. The van der Waals surface area contributed by atoms with E-state index in [1.165, 1.54) is 0 Å². The van der Waals surface area contributed by atoms with Crippen LogP contribution in [0.25, 0.3) is 11.4 Å².